The summed E-state index contributed by atoms with van der Waals surface area (Å²) in [5, 5.41) is 11.0. The van der Waals surface area contributed by atoms with E-state index >= 15 is 0 Å². The average Bonchev–Trinajstić information content (AvgIpc) is 2.75. The molecule has 1 aromatic rings. The minimum Gasteiger partial charge on any atom is -0.403 e. The highest BCUT2D eigenvalue weighted by Crippen LogP contribution is 2.48. The van der Waals surface area contributed by atoms with Gasteiger partial charge in [-0.1, -0.05) is 34.5 Å². The van der Waals surface area contributed by atoms with Gasteiger partial charge in [-0.2, -0.15) is 0 Å². The molecular formula is C19H26BBrO4. The Morgan fingerprint density at radius 1 is 1.16 bits per heavy atom. The Hall–Kier alpha value is -0.685. The van der Waals surface area contributed by atoms with Crippen LogP contribution in [0, 0.1) is 5.92 Å². The van der Waals surface area contributed by atoms with Gasteiger partial charge in [-0.15, -0.1) is 0 Å². The van der Waals surface area contributed by atoms with Crippen molar-refractivity contribution in [3.63, 3.8) is 0 Å². The summed E-state index contributed by atoms with van der Waals surface area (Å²) in [6.45, 7) is 8.05. The third-order valence-electron chi connectivity index (χ3n) is 5.97. The van der Waals surface area contributed by atoms with E-state index in [1.54, 1.807) is 0 Å². The minimum atomic E-state index is -0.843. The van der Waals surface area contributed by atoms with Gasteiger partial charge in [-0.25, -0.2) is 0 Å². The largest absolute Gasteiger partial charge is 0.462 e. The maximum Gasteiger partial charge on any atom is 0.462 e. The molecule has 1 heterocycles. The maximum absolute atomic E-state index is 12.7. The SMILES string of the molecule is CC1(C)OB([C@@H]2CCCC(=O)[C@@H]2[C@@H](O)c2ccc(Br)cc2)OC1(C)C. The molecule has 6 heteroatoms. The van der Waals surface area contributed by atoms with Gasteiger partial charge in [0.15, 0.2) is 0 Å². The van der Waals surface area contributed by atoms with Crippen LogP contribution in [0.2, 0.25) is 5.82 Å². The highest BCUT2D eigenvalue weighted by atomic mass is 79.9. The zero-order chi connectivity index (χ0) is 18.4. The second-order valence-corrected chi connectivity index (χ2v) is 9.08. The average molecular weight is 409 g/mol. The first kappa shape index (κ1) is 19.1. The first-order chi connectivity index (χ1) is 11.6. The van der Waals surface area contributed by atoms with Gasteiger partial charge in [0.1, 0.15) is 5.78 Å². The molecule has 0 aromatic heterocycles. The lowest BCUT2D eigenvalue weighted by molar-refractivity contribution is -0.129. The van der Waals surface area contributed by atoms with E-state index in [4.69, 9.17) is 9.31 Å². The van der Waals surface area contributed by atoms with Crippen molar-refractivity contribution in [2.24, 2.45) is 5.92 Å². The number of carbonyl (C=O) groups is 1. The summed E-state index contributed by atoms with van der Waals surface area (Å²) in [5.41, 5.74) is -0.124. The fourth-order valence-corrected chi connectivity index (χ4v) is 4.01. The fraction of sp³-hybridized carbons (Fsp3) is 0.632. The molecule has 3 atom stereocenters. The predicted octanol–water partition coefficient (Wildman–Crippen LogP) is 4.31. The first-order valence-electron chi connectivity index (χ1n) is 8.94. The molecule has 25 heavy (non-hydrogen) atoms. The van der Waals surface area contributed by atoms with Crippen LogP contribution in [0.5, 0.6) is 0 Å². The first-order valence-corrected chi connectivity index (χ1v) is 9.73. The Morgan fingerprint density at radius 3 is 2.28 bits per heavy atom. The third kappa shape index (κ3) is 3.59. The number of carbonyl (C=O) groups excluding carboxylic acids is 1. The van der Waals surface area contributed by atoms with Gasteiger partial charge in [0.2, 0.25) is 0 Å². The maximum atomic E-state index is 12.7. The van der Waals surface area contributed by atoms with Crippen LogP contribution in [0.1, 0.15) is 58.6 Å². The monoisotopic (exact) mass is 408 g/mol. The Balaban J connectivity index is 1.87. The normalized spacial score (nSPS) is 29.7. The number of ketones is 1. The molecule has 136 valence electrons. The lowest BCUT2D eigenvalue weighted by Crippen LogP contribution is -2.41. The third-order valence-corrected chi connectivity index (χ3v) is 6.50. The number of hydrogen-bond donors (Lipinski definition) is 1. The molecule has 1 saturated carbocycles. The molecule has 0 bridgehead atoms. The number of hydrogen-bond acceptors (Lipinski definition) is 4. The van der Waals surface area contributed by atoms with Gasteiger partial charge in [-0.05, 0) is 51.8 Å². The highest BCUT2D eigenvalue weighted by molar-refractivity contribution is 9.10. The van der Waals surface area contributed by atoms with E-state index in [0.717, 1.165) is 22.9 Å². The van der Waals surface area contributed by atoms with Crippen LogP contribution in [0.3, 0.4) is 0 Å². The Bertz CT molecular complexity index is 627. The second kappa shape index (κ2) is 6.80. The number of aliphatic hydroxyl groups excluding tert-OH is 1. The Kier molecular flexibility index (Phi) is 5.19. The summed E-state index contributed by atoms with van der Waals surface area (Å²) in [7, 11) is -0.468. The van der Waals surface area contributed by atoms with Crippen LogP contribution >= 0.6 is 15.9 Å². The molecule has 1 saturated heterocycles. The molecule has 1 aliphatic carbocycles. The van der Waals surface area contributed by atoms with E-state index < -0.39 is 30.3 Å². The van der Waals surface area contributed by atoms with E-state index in [0.29, 0.717) is 6.42 Å². The van der Waals surface area contributed by atoms with Crippen molar-refractivity contribution in [2.75, 3.05) is 0 Å². The zero-order valence-electron chi connectivity index (χ0n) is 15.3. The van der Waals surface area contributed by atoms with E-state index in [-0.39, 0.29) is 11.6 Å². The standard InChI is InChI=1S/C19H26BBrO4/c1-18(2)19(3,4)25-20(24-18)14-6-5-7-15(22)16(14)17(23)12-8-10-13(21)11-9-12/h8-11,14,16-17,23H,5-7H2,1-4H3/t14-,16-,17+/m1/s1. The molecule has 1 N–H and O–H groups in total. The van der Waals surface area contributed by atoms with Crippen molar-refractivity contribution >= 4 is 28.8 Å². The Morgan fingerprint density at radius 2 is 1.72 bits per heavy atom. The van der Waals surface area contributed by atoms with E-state index in [1.807, 2.05) is 52.0 Å². The summed E-state index contributed by atoms with van der Waals surface area (Å²) in [5.74, 6) is -0.535. The predicted molar refractivity (Wildman–Crippen MR) is 101 cm³/mol. The molecule has 4 nitrogen and oxygen atoms in total. The highest BCUT2D eigenvalue weighted by Gasteiger charge is 2.57. The second-order valence-electron chi connectivity index (χ2n) is 8.17. The Labute approximate surface area is 158 Å². The van der Waals surface area contributed by atoms with Gasteiger partial charge < -0.3 is 14.4 Å². The topological polar surface area (TPSA) is 55.8 Å². The van der Waals surface area contributed by atoms with Gasteiger partial charge in [-0.3, -0.25) is 4.79 Å². The summed E-state index contributed by atoms with van der Waals surface area (Å²) in [6, 6.07) is 7.49. The molecule has 1 aliphatic heterocycles. The van der Waals surface area contributed by atoms with Crippen LogP contribution in [-0.2, 0) is 14.1 Å². The van der Waals surface area contributed by atoms with Gasteiger partial charge in [0.25, 0.3) is 0 Å². The fourth-order valence-electron chi connectivity index (χ4n) is 3.74. The molecule has 0 amide bonds. The molecule has 3 rings (SSSR count). The summed E-state index contributed by atoms with van der Waals surface area (Å²) >= 11 is 3.40. The van der Waals surface area contributed by atoms with Crippen LogP contribution in [0.25, 0.3) is 0 Å². The van der Waals surface area contributed by atoms with Crippen molar-refractivity contribution < 1.29 is 19.2 Å². The number of aliphatic hydroxyl groups is 1. The van der Waals surface area contributed by atoms with E-state index in [2.05, 4.69) is 15.9 Å². The number of halogens is 1. The molecule has 1 aromatic carbocycles. The van der Waals surface area contributed by atoms with Crippen molar-refractivity contribution in [2.45, 2.75) is 70.1 Å². The molecule has 2 aliphatic rings. The van der Waals surface area contributed by atoms with E-state index in [1.165, 1.54) is 0 Å². The molecule has 2 fully saturated rings. The van der Waals surface area contributed by atoms with Crippen LogP contribution in [0.4, 0.5) is 0 Å². The number of rotatable bonds is 3. The summed E-state index contributed by atoms with van der Waals surface area (Å²) in [4.78, 5) is 12.7. The van der Waals surface area contributed by atoms with Crippen molar-refractivity contribution in [1.82, 2.24) is 0 Å². The van der Waals surface area contributed by atoms with Crippen LogP contribution in [0.15, 0.2) is 28.7 Å². The molecule has 0 radical (unpaired) electrons. The van der Waals surface area contributed by atoms with Crippen LogP contribution < -0.4 is 0 Å². The zero-order valence-corrected chi connectivity index (χ0v) is 16.9. The van der Waals surface area contributed by atoms with Gasteiger partial charge in [0, 0.05) is 22.6 Å². The number of Topliss-reactive ketones (excluding diaryl/α,β-unsaturated/α-hetero) is 1. The van der Waals surface area contributed by atoms with Crippen molar-refractivity contribution in [3.8, 4) is 0 Å². The van der Waals surface area contributed by atoms with Gasteiger partial charge >= 0.3 is 7.12 Å². The minimum absolute atomic E-state index is 0.0985. The quantitative estimate of drug-likeness (QED) is 0.757. The summed E-state index contributed by atoms with van der Waals surface area (Å²) in [6.07, 6.45) is 1.30. The van der Waals surface area contributed by atoms with Crippen molar-refractivity contribution in [1.29, 1.82) is 0 Å². The van der Waals surface area contributed by atoms with Crippen molar-refractivity contribution in [3.05, 3.63) is 34.3 Å². The lowest BCUT2D eigenvalue weighted by atomic mass is 9.57. The smallest absolute Gasteiger partial charge is 0.403 e. The number of benzene rings is 1. The lowest BCUT2D eigenvalue weighted by Gasteiger charge is -2.34. The van der Waals surface area contributed by atoms with E-state index in [9.17, 15) is 9.90 Å². The molecule has 0 spiro atoms. The van der Waals surface area contributed by atoms with Crippen LogP contribution in [-0.4, -0.2) is 29.2 Å². The molecule has 0 unspecified atom stereocenters. The molecular weight excluding hydrogens is 383 g/mol. The van der Waals surface area contributed by atoms with Gasteiger partial charge in [0.05, 0.1) is 17.3 Å². The summed E-state index contributed by atoms with van der Waals surface area (Å²) < 4.78 is 13.3.